The fraction of sp³-hybridized carbons (Fsp3) is 0.200. The zero-order valence-electron chi connectivity index (χ0n) is 14.7. The third kappa shape index (κ3) is 2.75. The molecule has 7 heteroatoms. The monoisotopic (exact) mass is 369 g/mol. The van der Waals surface area contributed by atoms with Crippen molar-refractivity contribution >= 4 is 27.9 Å². The minimum Gasteiger partial charge on any atom is -0.463 e. The lowest BCUT2D eigenvalue weighted by atomic mass is 10.1. The van der Waals surface area contributed by atoms with Crippen LogP contribution in [-0.2, 0) is 0 Å². The summed E-state index contributed by atoms with van der Waals surface area (Å²) in [6.45, 7) is 4.06. The van der Waals surface area contributed by atoms with Crippen molar-refractivity contribution in [3.8, 4) is 5.69 Å². The number of nitrogens with zero attached hydrogens (tertiary/aromatic N) is 3. The van der Waals surface area contributed by atoms with Crippen LogP contribution in [0.2, 0.25) is 0 Å². The normalized spacial score (nSPS) is 11.9. The third-order valence-corrected chi connectivity index (χ3v) is 4.67. The molecule has 0 fully saturated rings. The molecule has 0 spiro atoms. The van der Waals surface area contributed by atoms with Gasteiger partial charge in [-0.3, -0.25) is 0 Å². The van der Waals surface area contributed by atoms with Gasteiger partial charge in [-0.15, -0.1) is 0 Å². The molecular formula is C20H17F2N3O2. The Hall–Kier alpha value is -3.22. The topological polar surface area (TPSA) is 60.1 Å². The van der Waals surface area contributed by atoms with Crippen LogP contribution in [0.15, 0.2) is 48.7 Å². The van der Waals surface area contributed by atoms with Crippen LogP contribution in [0.1, 0.15) is 37.4 Å². The maximum atomic E-state index is 13.2. The lowest BCUT2D eigenvalue weighted by Gasteiger charge is -2.14. The van der Waals surface area contributed by atoms with E-state index in [1.54, 1.807) is 18.2 Å². The standard InChI is InChI=1S/C20H17F2N3O2/c1-11(2)16-7-13-8-18-14(10-23-25(18)20(26)27)9-17(13)24(16)15-5-3-4-12(6-15)19(21)22/h3-11,19H,1-2H3,(H,26,27). The van der Waals surface area contributed by atoms with Gasteiger partial charge in [-0.1, -0.05) is 26.0 Å². The lowest BCUT2D eigenvalue weighted by molar-refractivity contribution is 0.151. The Kier molecular flexibility index (Phi) is 3.95. The Balaban J connectivity index is 2.03. The summed E-state index contributed by atoms with van der Waals surface area (Å²) in [7, 11) is 0. The average Bonchev–Trinajstić information content (AvgIpc) is 3.20. The number of hydrogen-bond acceptors (Lipinski definition) is 2. The van der Waals surface area contributed by atoms with E-state index in [1.165, 1.54) is 18.3 Å². The van der Waals surface area contributed by atoms with Gasteiger partial charge in [-0.2, -0.15) is 9.78 Å². The van der Waals surface area contributed by atoms with Crippen LogP contribution < -0.4 is 0 Å². The number of benzene rings is 2. The molecule has 2 aromatic heterocycles. The van der Waals surface area contributed by atoms with E-state index < -0.39 is 12.5 Å². The largest absolute Gasteiger partial charge is 0.463 e. The van der Waals surface area contributed by atoms with Crippen molar-refractivity contribution < 1.29 is 18.7 Å². The van der Waals surface area contributed by atoms with Crippen LogP contribution in [0.4, 0.5) is 13.6 Å². The minimum atomic E-state index is -2.55. The molecule has 0 aliphatic carbocycles. The quantitative estimate of drug-likeness (QED) is 0.514. The molecule has 0 amide bonds. The van der Waals surface area contributed by atoms with E-state index in [4.69, 9.17) is 0 Å². The van der Waals surface area contributed by atoms with Crippen molar-refractivity contribution in [2.75, 3.05) is 0 Å². The molecule has 0 saturated heterocycles. The van der Waals surface area contributed by atoms with Crippen LogP contribution in [-0.4, -0.2) is 25.5 Å². The summed E-state index contributed by atoms with van der Waals surface area (Å²) in [5.74, 6) is 0.145. The highest BCUT2D eigenvalue weighted by molar-refractivity contribution is 5.99. The molecule has 0 radical (unpaired) electrons. The van der Waals surface area contributed by atoms with Gasteiger partial charge in [0.1, 0.15) is 0 Å². The maximum absolute atomic E-state index is 13.2. The van der Waals surface area contributed by atoms with Crippen molar-refractivity contribution in [1.29, 1.82) is 0 Å². The Morgan fingerprint density at radius 1 is 1.07 bits per heavy atom. The molecular weight excluding hydrogens is 352 g/mol. The maximum Gasteiger partial charge on any atom is 0.432 e. The van der Waals surface area contributed by atoms with Gasteiger partial charge in [-0.25, -0.2) is 13.6 Å². The van der Waals surface area contributed by atoms with E-state index in [0.29, 0.717) is 16.6 Å². The number of aromatic nitrogens is 3. The van der Waals surface area contributed by atoms with Crippen LogP contribution in [0.25, 0.3) is 27.5 Å². The number of carboxylic acid groups (broad SMARTS) is 1. The fourth-order valence-corrected chi connectivity index (χ4v) is 3.42. The van der Waals surface area contributed by atoms with Crippen LogP contribution in [0, 0.1) is 0 Å². The van der Waals surface area contributed by atoms with Gasteiger partial charge in [0, 0.05) is 27.7 Å². The number of carbonyl (C=O) groups is 1. The van der Waals surface area contributed by atoms with E-state index in [9.17, 15) is 18.7 Å². The van der Waals surface area contributed by atoms with Crippen LogP contribution in [0.5, 0.6) is 0 Å². The van der Waals surface area contributed by atoms with Crippen molar-refractivity contribution in [3.63, 3.8) is 0 Å². The van der Waals surface area contributed by atoms with Gasteiger partial charge in [0.05, 0.1) is 17.2 Å². The van der Waals surface area contributed by atoms with Crippen molar-refractivity contribution in [1.82, 2.24) is 14.3 Å². The first-order valence-corrected chi connectivity index (χ1v) is 8.51. The summed E-state index contributed by atoms with van der Waals surface area (Å²) in [5, 5.41) is 14.7. The van der Waals surface area contributed by atoms with Crippen LogP contribution in [0.3, 0.4) is 0 Å². The fourth-order valence-electron chi connectivity index (χ4n) is 3.42. The molecule has 2 aromatic carbocycles. The Morgan fingerprint density at radius 2 is 1.81 bits per heavy atom. The van der Waals surface area contributed by atoms with Crippen LogP contribution >= 0.6 is 0 Å². The van der Waals surface area contributed by atoms with Gasteiger partial charge < -0.3 is 9.67 Å². The summed E-state index contributed by atoms with van der Waals surface area (Å²) in [5.41, 5.74) is 2.88. The molecule has 4 aromatic rings. The molecule has 0 atom stereocenters. The predicted molar refractivity (Wildman–Crippen MR) is 99.0 cm³/mol. The van der Waals surface area contributed by atoms with Gasteiger partial charge in [0.15, 0.2) is 0 Å². The second kappa shape index (κ2) is 6.19. The molecule has 0 saturated carbocycles. The predicted octanol–water partition coefficient (Wildman–Crippen LogP) is 5.57. The summed E-state index contributed by atoms with van der Waals surface area (Å²) in [4.78, 5) is 11.3. The molecule has 0 aliphatic rings. The number of alkyl halides is 2. The zero-order chi connectivity index (χ0) is 19.3. The Morgan fingerprint density at radius 3 is 2.48 bits per heavy atom. The smallest absolute Gasteiger partial charge is 0.432 e. The Labute approximate surface area is 153 Å². The van der Waals surface area contributed by atoms with Crippen molar-refractivity contribution in [2.24, 2.45) is 0 Å². The van der Waals surface area contributed by atoms with E-state index in [0.717, 1.165) is 21.3 Å². The molecule has 4 rings (SSSR count). The van der Waals surface area contributed by atoms with Gasteiger partial charge in [0.2, 0.25) is 0 Å². The summed E-state index contributed by atoms with van der Waals surface area (Å²) >= 11 is 0. The molecule has 0 bridgehead atoms. The summed E-state index contributed by atoms with van der Waals surface area (Å²) in [6, 6.07) is 11.9. The molecule has 2 heterocycles. The molecule has 27 heavy (non-hydrogen) atoms. The van der Waals surface area contributed by atoms with Crippen molar-refractivity contribution in [2.45, 2.75) is 26.2 Å². The van der Waals surface area contributed by atoms with E-state index >= 15 is 0 Å². The highest BCUT2D eigenvalue weighted by Gasteiger charge is 2.18. The lowest BCUT2D eigenvalue weighted by Crippen LogP contribution is -2.08. The summed E-state index contributed by atoms with van der Waals surface area (Å²) < 4.78 is 29.2. The molecule has 0 unspecified atom stereocenters. The van der Waals surface area contributed by atoms with Gasteiger partial charge in [-0.05, 0) is 36.2 Å². The SMILES string of the molecule is CC(C)c1cc2cc3c(cnn3C(=O)O)cc2n1-c1cccc(C(F)F)c1. The van der Waals surface area contributed by atoms with E-state index in [2.05, 4.69) is 5.10 Å². The van der Waals surface area contributed by atoms with Gasteiger partial charge in [0.25, 0.3) is 6.43 Å². The van der Waals surface area contributed by atoms with E-state index in [-0.39, 0.29) is 11.5 Å². The first-order chi connectivity index (χ1) is 12.9. The molecule has 5 nitrogen and oxygen atoms in total. The number of rotatable bonds is 3. The second-order valence-electron chi connectivity index (χ2n) is 6.76. The highest BCUT2D eigenvalue weighted by atomic mass is 19.3. The Bertz CT molecular complexity index is 1170. The third-order valence-electron chi connectivity index (χ3n) is 4.67. The minimum absolute atomic E-state index is 0.0381. The van der Waals surface area contributed by atoms with E-state index in [1.807, 2.05) is 30.5 Å². The molecule has 1 N–H and O–H groups in total. The number of fused-ring (bicyclic) bond motifs is 2. The first kappa shape index (κ1) is 17.2. The average molecular weight is 369 g/mol. The zero-order valence-corrected chi connectivity index (χ0v) is 14.7. The number of hydrogen-bond donors (Lipinski definition) is 1. The van der Waals surface area contributed by atoms with Gasteiger partial charge >= 0.3 is 6.09 Å². The van der Waals surface area contributed by atoms with Crippen molar-refractivity contribution in [3.05, 3.63) is 59.9 Å². The second-order valence-corrected chi connectivity index (χ2v) is 6.76. The molecule has 0 aliphatic heterocycles. The summed E-state index contributed by atoms with van der Waals surface area (Å²) in [6.07, 6.45) is -2.21. The highest BCUT2D eigenvalue weighted by Crippen LogP contribution is 2.33. The molecule has 138 valence electrons. The number of halogens is 2. The first-order valence-electron chi connectivity index (χ1n) is 8.51.